The van der Waals surface area contributed by atoms with Crippen molar-refractivity contribution in [3.63, 3.8) is 0 Å². The summed E-state index contributed by atoms with van der Waals surface area (Å²) in [6, 6.07) is -0.615. The molecule has 1 heterocycles. The largest absolute Gasteiger partial charge is 0.396 e. The zero-order valence-electron chi connectivity index (χ0n) is 23.0. The van der Waals surface area contributed by atoms with Crippen LogP contribution in [0, 0.1) is 29.1 Å². The van der Waals surface area contributed by atoms with Crippen molar-refractivity contribution in [2.24, 2.45) is 29.1 Å². The first-order valence-electron chi connectivity index (χ1n) is 13.5. The molecule has 0 spiro atoms. The summed E-state index contributed by atoms with van der Waals surface area (Å²) in [5.74, 6) is -1.63. The Morgan fingerprint density at radius 3 is 2.26 bits per heavy atom. The molecule has 0 radical (unpaired) electrons. The van der Waals surface area contributed by atoms with Crippen LogP contribution in [-0.2, 0) is 14.4 Å². The fourth-order valence-electron chi connectivity index (χ4n) is 6.40. The minimum absolute atomic E-state index is 0.00398. The molecule has 0 aromatic carbocycles. The third kappa shape index (κ3) is 7.55. The van der Waals surface area contributed by atoms with Gasteiger partial charge in [0.2, 0.25) is 17.7 Å². The van der Waals surface area contributed by atoms with Crippen molar-refractivity contribution in [2.75, 3.05) is 20.2 Å². The van der Waals surface area contributed by atoms with Crippen molar-refractivity contribution in [1.29, 1.82) is 0 Å². The molecule has 3 amide bonds. The summed E-state index contributed by atoms with van der Waals surface area (Å²) in [7, 11) is 1.62. The summed E-state index contributed by atoms with van der Waals surface area (Å²) < 4.78 is 0. The van der Waals surface area contributed by atoms with E-state index in [9.17, 15) is 14.4 Å². The summed E-state index contributed by atoms with van der Waals surface area (Å²) in [5, 5.41) is 15.1. The van der Waals surface area contributed by atoms with Gasteiger partial charge in [-0.1, -0.05) is 59.1 Å². The Bertz CT molecular complexity index is 771. The summed E-state index contributed by atoms with van der Waals surface area (Å²) in [4.78, 5) is 42.4. The van der Waals surface area contributed by atoms with E-state index >= 15 is 0 Å². The molecule has 7 heteroatoms. The number of aliphatic hydroxyl groups excluding tert-OH is 1. The molecule has 2 aliphatic rings. The molecule has 1 aliphatic carbocycles. The molecule has 0 bridgehead atoms. The zero-order valence-corrected chi connectivity index (χ0v) is 23.0. The molecule has 0 aromatic heterocycles. The smallest absolute Gasteiger partial charge is 0.243 e. The van der Waals surface area contributed by atoms with E-state index in [2.05, 4.69) is 44.4 Å². The highest BCUT2D eigenvalue weighted by molar-refractivity contribution is 5.97. The molecule has 0 aromatic rings. The van der Waals surface area contributed by atoms with Gasteiger partial charge in [0, 0.05) is 31.7 Å². The van der Waals surface area contributed by atoms with Crippen LogP contribution in [-0.4, -0.2) is 59.5 Å². The van der Waals surface area contributed by atoms with E-state index in [-0.39, 0.29) is 41.6 Å². The second kappa shape index (κ2) is 12.4. The number of likely N-dealkylation sites (tertiary alicyclic amines) is 1. The molecule has 3 N–H and O–H groups in total. The van der Waals surface area contributed by atoms with Crippen LogP contribution in [0.4, 0.5) is 0 Å². The first-order chi connectivity index (χ1) is 16.4. The SMILES string of the molecule is CCC[C@@H]1C=C[C@H]2[C@@H](C(=O)N(CCCCCCO)[C@@H]2C(=O)NC(C)(C)CC(C)(C)C)[C@@H]1C(=O)NC. The van der Waals surface area contributed by atoms with E-state index < -0.39 is 23.4 Å². The van der Waals surface area contributed by atoms with Gasteiger partial charge < -0.3 is 20.6 Å². The van der Waals surface area contributed by atoms with Crippen molar-refractivity contribution >= 4 is 17.7 Å². The van der Waals surface area contributed by atoms with Crippen molar-refractivity contribution in [3.05, 3.63) is 12.2 Å². The number of hydrogen-bond donors (Lipinski definition) is 3. The van der Waals surface area contributed by atoms with Crippen LogP contribution in [0.25, 0.3) is 0 Å². The lowest BCUT2D eigenvalue weighted by molar-refractivity contribution is -0.141. The molecule has 35 heavy (non-hydrogen) atoms. The van der Waals surface area contributed by atoms with Gasteiger partial charge in [0.15, 0.2) is 0 Å². The number of fused-ring (bicyclic) bond motifs is 1. The summed E-state index contributed by atoms with van der Waals surface area (Å²) in [5.41, 5.74) is -0.383. The number of aliphatic hydroxyl groups is 1. The summed E-state index contributed by atoms with van der Waals surface area (Å²) >= 11 is 0. The predicted octanol–water partition coefficient (Wildman–Crippen LogP) is 3.66. The fourth-order valence-corrected chi connectivity index (χ4v) is 6.40. The van der Waals surface area contributed by atoms with E-state index in [0.717, 1.165) is 44.9 Å². The number of nitrogens with zero attached hydrogens (tertiary/aromatic N) is 1. The van der Waals surface area contributed by atoms with E-state index in [0.29, 0.717) is 6.54 Å². The molecule has 1 saturated heterocycles. The zero-order chi connectivity index (χ0) is 26.4. The number of carbonyl (C=O) groups excluding carboxylic acids is 3. The third-order valence-electron chi connectivity index (χ3n) is 7.29. The van der Waals surface area contributed by atoms with Crippen LogP contribution in [0.15, 0.2) is 12.2 Å². The first-order valence-corrected chi connectivity index (χ1v) is 13.5. The second-order valence-electron chi connectivity index (χ2n) is 12.3. The van der Waals surface area contributed by atoms with Gasteiger partial charge in [0.25, 0.3) is 0 Å². The van der Waals surface area contributed by atoms with Gasteiger partial charge in [0.05, 0.1) is 11.8 Å². The van der Waals surface area contributed by atoms with Crippen molar-refractivity contribution in [3.8, 4) is 0 Å². The molecular formula is C28H49N3O4. The maximum atomic E-state index is 13.8. The third-order valence-corrected chi connectivity index (χ3v) is 7.29. The van der Waals surface area contributed by atoms with Gasteiger partial charge in [-0.25, -0.2) is 0 Å². The number of carbonyl (C=O) groups is 3. The molecule has 7 nitrogen and oxygen atoms in total. The fraction of sp³-hybridized carbons (Fsp3) is 0.821. The molecule has 0 saturated carbocycles. The number of nitrogens with one attached hydrogen (secondary N) is 2. The average molecular weight is 492 g/mol. The highest BCUT2D eigenvalue weighted by atomic mass is 16.3. The first kappa shape index (κ1) is 29.3. The highest BCUT2D eigenvalue weighted by Gasteiger charge is 2.57. The van der Waals surface area contributed by atoms with Crippen LogP contribution in [0.2, 0.25) is 0 Å². The van der Waals surface area contributed by atoms with E-state index in [1.165, 1.54) is 0 Å². The van der Waals surface area contributed by atoms with Crippen molar-refractivity contribution in [2.45, 2.75) is 98.1 Å². The lowest BCUT2D eigenvalue weighted by atomic mass is 9.68. The Hall–Kier alpha value is -1.89. The van der Waals surface area contributed by atoms with Gasteiger partial charge in [-0.15, -0.1) is 0 Å². The Balaban J connectivity index is 2.37. The molecule has 0 unspecified atom stereocenters. The van der Waals surface area contributed by atoms with Crippen LogP contribution in [0.3, 0.4) is 0 Å². The lowest BCUT2D eigenvalue weighted by Crippen LogP contribution is -2.54. The standard InChI is InChI=1S/C28H49N3O4/c1-8-13-19-14-15-20-22(21(19)24(33)29-7)26(35)31(16-11-9-10-12-17-32)23(20)25(34)30-28(5,6)18-27(2,3)4/h14-15,19-23,32H,8-13,16-18H2,1-7H3,(H,29,33)(H,30,34)/t19-,20+,21-,22-,23+/m1/s1. The van der Waals surface area contributed by atoms with Gasteiger partial charge >= 0.3 is 0 Å². The molecule has 2 rings (SSSR count). The van der Waals surface area contributed by atoms with Gasteiger partial charge in [-0.3, -0.25) is 14.4 Å². The second-order valence-corrected chi connectivity index (χ2v) is 12.3. The van der Waals surface area contributed by atoms with E-state index in [1.54, 1.807) is 11.9 Å². The molecule has 5 atom stereocenters. The molecule has 1 aliphatic heterocycles. The monoisotopic (exact) mass is 491 g/mol. The van der Waals surface area contributed by atoms with Crippen LogP contribution >= 0.6 is 0 Å². The average Bonchev–Trinajstić information content (AvgIpc) is 3.03. The summed E-state index contributed by atoms with van der Waals surface area (Å²) in [6.45, 7) is 13.3. The predicted molar refractivity (Wildman–Crippen MR) is 139 cm³/mol. The van der Waals surface area contributed by atoms with Crippen LogP contribution in [0.1, 0.15) is 86.5 Å². The Labute approximate surface area is 212 Å². The number of allylic oxidation sites excluding steroid dienone is 1. The van der Waals surface area contributed by atoms with Gasteiger partial charge in [-0.2, -0.15) is 0 Å². The normalized spacial score (nSPS) is 26.6. The van der Waals surface area contributed by atoms with Gasteiger partial charge in [0.1, 0.15) is 6.04 Å². The number of hydrogen-bond acceptors (Lipinski definition) is 4. The molecule has 200 valence electrons. The van der Waals surface area contributed by atoms with E-state index in [1.807, 2.05) is 19.9 Å². The van der Waals surface area contributed by atoms with Crippen molar-refractivity contribution < 1.29 is 19.5 Å². The minimum atomic E-state index is -0.615. The van der Waals surface area contributed by atoms with Gasteiger partial charge in [-0.05, 0) is 50.9 Å². The molecular weight excluding hydrogens is 442 g/mol. The van der Waals surface area contributed by atoms with Crippen LogP contribution in [0.5, 0.6) is 0 Å². The number of rotatable bonds is 12. The Morgan fingerprint density at radius 2 is 1.69 bits per heavy atom. The Morgan fingerprint density at radius 1 is 1.03 bits per heavy atom. The number of unbranched alkanes of at least 4 members (excludes halogenated alkanes) is 3. The quantitative estimate of drug-likeness (QED) is 0.287. The van der Waals surface area contributed by atoms with Crippen molar-refractivity contribution in [1.82, 2.24) is 15.5 Å². The van der Waals surface area contributed by atoms with E-state index in [4.69, 9.17) is 5.11 Å². The summed E-state index contributed by atoms with van der Waals surface area (Å²) in [6.07, 6.45) is 9.96. The maximum Gasteiger partial charge on any atom is 0.243 e. The topological polar surface area (TPSA) is 98.7 Å². The number of amides is 3. The molecule has 1 fully saturated rings. The Kier molecular flexibility index (Phi) is 10.4. The maximum absolute atomic E-state index is 13.8. The minimum Gasteiger partial charge on any atom is -0.396 e. The lowest BCUT2D eigenvalue weighted by Gasteiger charge is -2.37. The van der Waals surface area contributed by atoms with Crippen LogP contribution < -0.4 is 10.6 Å². The highest BCUT2D eigenvalue weighted by Crippen LogP contribution is 2.45.